The van der Waals surface area contributed by atoms with Crippen LogP contribution in [0.2, 0.25) is 0 Å². The van der Waals surface area contributed by atoms with E-state index >= 15 is 0 Å². The van der Waals surface area contributed by atoms with Crippen LogP contribution >= 0.6 is 0 Å². The largest absolute Gasteiger partial charge is 0.465 e. The molecule has 0 unspecified atom stereocenters. The molecule has 0 radical (unpaired) electrons. The maximum absolute atomic E-state index is 13.5. The Labute approximate surface area is 183 Å². The summed E-state index contributed by atoms with van der Waals surface area (Å²) in [6.45, 7) is 6.46. The highest BCUT2D eigenvalue weighted by molar-refractivity contribution is 5.87. The third kappa shape index (κ3) is 4.10. The normalized spacial score (nSPS) is 28.9. The number of piperidine rings is 1. The highest BCUT2D eigenvalue weighted by atomic mass is 16.4. The van der Waals surface area contributed by atoms with E-state index in [2.05, 4.69) is 14.8 Å². The second kappa shape index (κ2) is 8.65. The number of carbonyl (C=O) groups excluding carboxylic acids is 1. The molecule has 0 bridgehead atoms. The van der Waals surface area contributed by atoms with Crippen LogP contribution in [0.25, 0.3) is 0 Å². The second-order valence-electron chi connectivity index (χ2n) is 9.38. The van der Waals surface area contributed by atoms with Crippen LogP contribution < -0.4 is 9.80 Å². The van der Waals surface area contributed by atoms with Crippen LogP contribution in [-0.2, 0) is 4.79 Å². The summed E-state index contributed by atoms with van der Waals surface area (Å²) in [5.74, 6) is 1.12. The zero-order chi connectivity index (χ0) is 22.2. The zero-order valence-electron chi connectivity index (χ0n) is 18.6. The van der Waals surface area contributed by atoms with Crippen molar-refractivity contribution in [2.75, 3.05) is 36.0 Å². The van der Waals surface area contributed by atoms with Gasteiger partial charge in [0.15, 0.2) is 0 Å². The second-order valence-corrected chi connectivity index (χ2v) is 9.38. The van der Waals surface area contributed by atoms with Crippen LogP contribution in [-0.4, -0.2) is 70.4 Å². The number of hydrogen-bond donors (Lipinski definition) is 2. The van der Waals surface area contributed by atoms with Crippen molar-refractivity contribution in [1.82, 2.24) is 9.88 Å². The van der Waals surface area contributed by atoms with Gasteiger partial charge in [-0.2, -0.15) is 0 Å². The number of nitrogens with zero attached hydrogens (tertiary/aromatic N) is 4. The number of aliphatic hydroxyl groups is 1. The summed E-state index contributed by atoms with van der Waals surface area (Å²) < 4.78 is 0. The van der Waals surface area contributed by atoms with Crippen LogP contribution in [0.15, 0.2) is 12.3 Å². The molecule has 3 heterocycles. The monoisotopic (exact) mass is 430 g/mol. The molecular weight excluding hydrogens is 396 g/mol. The first-order chi connectivity index (χ1) is 14.8. The Morgan fingerprint density at radius 3 is 2.65 bits per heavy atom. The topological polar surface area (TPSA) is 97.2 Å². The number of aromatic nitrogens is 1. The van der Waals surface area contributed by atoms with Gasteiger partial charge in [0.1, 0.15) is 5.82 Å². The molecule has 1 spiro atoms. The summed E-state index contributed by atoms with van der Waals surface area (Å²) in [7, 11) is 0. The molecule has 8 heteroatoms. The minimum absolute atomic E-state index is 0.213. The number of pyridine rings is 1. The number of aryl methyl sites for hydroxylation is 1. The van der Waals surface area contributed by atoms with Gasteiger partial charge < -0.3 is 20.0 Å². The van der Waals surface area contributed by atoms with E-state index in [9.17, 15) is 19.8 Å². The lowest BCUT2D eigenvalue weighted by molar-refractivity contribution is -0.139. The Hall–Kier alpha value is -2.35. The van der Waals surface area contributed by atoms with Gasteiger partial charge in [-0.1, -0.05) is 0 Å². The quantitative estimate of drug-likeness (QED) is 0.762. The summed E-state index contributed by atoms with van der Waals surface area (Å²) >= 11 is 0. The van der Waals surface area contributed by atoms with Gasteiger partial charge in [0.2, 0.25) is 5.91 Å². The van der Waals surface area contributed by atoms with Crippen molar-refractivity contribution in [2.45, 2.75) is 70.9 Å². The lowest BCUT2D eigenvalue weighted by Crippen LogP contribution is -2.50. The van der Waals surface area contributed by atoms with Crippen molar-refractivity contribution in [3.05, 3.63) is 17.8 Å². The molecule has 1 saturated carbocycles. The van der Waals surface area contributed by atoms with Gasteiger partial charge in [-0.15, -0.1) is 0 Å². The Bertz CT molecular complexity index is 839. The minimum atomic E-state index is -0.986. The fourth-order valence-electron chi connectivity index (χ4n) is 5.72. The molecule has 1 aliphatic carbocycles. The summed E-state index contributed by atoms with van der Waals surface area (Å²) in [5, 5.41) is 19.2. The van der Waals surface area contributed by atoms with Gasteiger partial charge in [0, 0.05) is 32.2 Å². The average molecular weight is 431 g/mol. The predicted molar refractivity (Wildman–Crippen MR) is 118 cm³/mol. The molecule has 2 aliphatic heterocycles. The summed E-state index contributed by atoms with van der Waals surface area (Å²) in [4.78, 5) is 35.2. The van der Waals surface area contributed by atoms with Crippen molar-refractivity contribution >= 4 is 23.5 Å². The van der Waals surface area contributed by atoms with E-state index in [0.29, 0.717) is 18.8 Å². The Morgan fingerprint density at radius 1 is 1.26 bits per heavy atom. The highest BCUT2D eigenvalue weighted by Gasteiger charge is 2.50. The van der Waals surface area contributed by atoms with Crippen LogP contribution in [0.5, 0.6) is 0 Å². The van der Waals surface area contributed by atoms with Crippen molar-refractivity contribution in [3.8, 4) is 0 Å². The summed E-state index contributed by atoms with van der Waals surface area (Å²) in [5.41, 5.74) is 1.15. The van der Waals surface area contributed by atoms with E-state index in [1.165, 1.54) is 4.90 Å². The smallest absolute Gasteiger partial charge is 0.411 e. The molecule has 2 N–H and O–H groups in total. The number of carboxylic acid groups (broad SMARTS) is 1. The third-order valence-electron chi connectivity index (χ3n) is 7.42. The van der Waals surface area contributed by atoms with Gasteiger partial charge in [-0.25, -0.2) is 9.78 Å². The van der Waals surface area contributed by atoms with Crippen LogP contribution in [0.1, 0.15) is 57.4 Å². The lowest BCUT2D eigenvalue weighted by Gasteiger charge is -2.41. The number of aliphatic hydroxyl groups excluding tert-OH is 1. The fraction of sp³-hybridized carbons (Fsp3) is 0.696. The first kappa shape index (κ1) is 21.9. The van der Waals surface area contributed by atoms with Crippen molar-refractivity contribution in [3.63, 3.8) is 0 Å². The number of carbonyl (C=O) groups is 2. The summed E-state index contributed by atoms with van der Waals surface area (Å²) in [6, 6.07) is 2.14. The molecule has 4 rings (SSSR count). The number of likely N-dealkylation sites (tertiary alicyclic amines) is 1. The standard InChI is InChI=1S/C23H34N4O4/c1-3-26(22(30)31)18-13-16(2)20(24-14-18)25-11-4-9-23(15-25)10-12-27(21(23)29)17-5-7-19(28)8-6-17/h13-14,17,19,28H,3-12,15H2,1-2H3,(H,30,31)/t17-,19+,23-/m0/s1. The van der Waals surface area contributed by atoms with E-state index in [1.807, 2.05) is 13.0 Å². The molecule has 3 aliphatic rings. The molecule has 8 nitrogen and oxygen atoms in total. The molecule has 2 amide bonds. The number of amides is 2. The van der Waals surface area contributed by atoms with Gasteiger partial charge in [-0.05, 0) is 70.4 Å². The van der Waals surface area contributed by atoms with Crippen LogP contribution in [0.3, 0.4) is 0 Å². The van der Waals surface area contributed by atoms with Gasteiger partial charge in [-0.3, -0.25) is 9.69 Å². The van der Waals surface area contributed by atoms with E-state index in [4.69, 9.17) is 0 Å². The molecule has 31 heavy (non-hydrogen) atoms. The van der Waals surface area contributed by atoms with Crippen LogP contribution in [0.4, 0.5) is 16.3 Å². The maximum Gasteiger partial charge on any atom is 0.411 e. The molecule has 1 aromatic heterocycles. The Morgan fingerprint density at radius 2 is 2.00 bits per heavy atom. The molecule has 0 aromatic carbocycles. The molecule has 2 saturated heterocycles. The lowest BCUT2D eigenvalue weighted by atomic mass is 9.78. The molecule has 170 valence electrons. The van der Waals surface area contributed by atoms with Crippen molar-refractivity contribution in [2.24, 2.45) is 5.41 Å². The predicted octanol–water partition coefficient (Wildman–Crippen LogP) is 3.02. The maximum atomic E-state index is 13.5. The number of hydrogen-bond acceptors (Lipinski definition) is 5. The minimum Gasteiger partial charge on any atom is -0.465 e. The van der Waals surface area contributed by atoms with E-state index in [-0.39, 0.29) is 23.5 Å². The van der Waals surface area contributed by atoms with E-state index in [1.54, 1.807) is 13.1 Å². The Balaban J connectivity index is 1.50. The van der Waals surface area contributed by atoms with Gasteiger partial charge >= 0.3 is 6.09 Å². The Kier molecular flexibility index (Phi) is 6.10. The molecular formula is C23H34N4O4. The van der Waals surface area contributed by atoms with Gasteiger partial charge in [0.25, 0.3) is 0 Å². The first-order valence-electron chi connectivity index (χ1n) is 11.6. The highest BCUT2D eigenvalue weighted by Crippen LogP contribution is 2.43. The summed E-state index contributed by atoms with van der Waals surface area (Å²) in [6.07, 6.45) is 6.52. The third-order valence-corrected chi connectivity index (χ3v) is 7.42. The van der Waals surface area contributed by atoms with E-state index in [0.717, 1.165) is 69.4 Å². The number of rotatable bonds is 4. The molecule has 1 aromatic rings. The first-order valence-corrected chi connectivity index (χ1v) is 11.6. The van der Waals surface area contributed by atoms with Crippen molar-refractivity contribution < 1.29 is 19.8 Å². The zero-order valence-corrected chi connectivity index (χ0v) is 18.6. The van der Waals surface area contributed by atoms with Crippen LogP contribution in [0, 0.1) is 12.3 Å². The van der Waals surface area contributed by atoms with Crippen molar-refractivity contribution in [1.29, 1.82) is 0 Å². The fourth-order valence-corrected chi connectivity index (χ4v) is 5.72. The van der Waals surface area contributed by atoms with Gasteiger partial charge in [0.05, 0.1) is 23.4 Å². The van der Waals surface area contributed by atoms with E-state index < -0.39 is 6.09 Å². The SMILES string of the molecule is CCN(C(=O)O)c1cnc(N2CCC[C@]3(CCN([C@H]4CC[C@@H](O)CC4)C3=O)C2)c(C)c1. The molecule has 3 fully saturated rings. The molecule has 1 atom stereocenters. The average Bonchev–Trinajstić information content (AvgIpc) is 3.04. The number of anilines is 2.